The van der Waals surface area contributed by atoms with Crippen LogP contribution in [0.25, 0.3) is 22.5 Å². The van der Waals surface area contributed by atoms with Crippen molar-refractivity contribution in [1.29, 1.82) is 0 Å². The Morgan fingerprint density at radius 2 is 1.72 bits per heavy atom. The van der Waals surface area contributed by atoms with E-state index in [-0.39, 0.29) is 17.8 Å². The first-order chi connectivity index (χ1) is 15.4. The Balaban J connectivity index is 1.49. The first-order valence-electron chi connectivity index (χ1n) is 10.2. The molecule has 0 aliphatic carbocycles. The molecule has 0 atom stereocenters. The van der Waals surface area contributed by atoms with Crippen molar-refractivity contribution >= 4 is 11.6 Å². The minimum absolute atomic E-state index is 0.0872. The van der Waals surface area contributed by atoms with Gasteiger partial charge in [0.15, 0.2) is 5.82 Å². The summed E-state index contributed by atoms with van der Waals surface area (Å²) in [6.07, 6.45) is 5.26. The number of nitrogens with one attached hydrogen (secondary N) is 1. The summed E-state index contributed by atoms with van der Waals surface area (Å²) in [5, 5.41) is 2.90. The Labute approximate surface area is 185 Å². The quantitative estimate of drug-likeness (QED) is 0.449. The van der Waals surface area contributed by atoms with Crippen LogP contribution in [0.1, 0.15) is 24.3 Å². The molecule has 0 spiro atoms. The van der Waals surface area contributed by atoms with Crippen molar-refractivity contribution in [2.75, 3.05) is 5.32 Å². The monoisotopic (exact) mass is 430 g/mol. The van der Waals surface area contributed by atoms with Crippen molar-refractivity contribution in [3.8, 4) is 28.3 Å². The highest BCUT2D eigenvalue weighted by molar-refractivity contribution is 6.04. The van der Waals surface area contributed by atoms with E-state index in [2.05, 4.69) is 15.3 Å². The molecule has 0 radical (unpaired) electrons. The van der Waals surface area contributed by atoms with Crippen LogP contribution in [0.15, 0.2) is 73.2 Å². The summed E-state index contributed by atoms with van der Waals surface area (Å²) in [4.78, 5) is 21.5. The van der Waals surface area contributed by atoms with E-state index in [1.807, 2.05) is 32.2 Å². The standard InChI is InChI=1S/C25H23FN4O2/c1-16(2)32-22-9-7-21(8-10-22)29-25(31)23-12-18(15-30(23)3)19-13-27-24(28-14-19)17-5-4-6-20(26)11-17/h4-16H,1-3H3,(H,29,31). The fraction of sp³-hybridized carbons (Fsp3) is 0.160. The third-order valence-corrected chi connectivity index (χ3v) is 4.79. The van der Waals surface area contributed by atoms with Gasteiger partial charge in [-0.2, -0.15) is 0 Å². The number of aromatic nitrogens is 3. The Bertz CT molecular complexity index is 1230. The van der Waals surface area contributed by atoms with Crippen molar-refractivity contribution in [2.24, 2.45) is 7.05 Å². The molecule has 2 aromatic heterocycles. The fourth-order valence-corrected chi connectivity index (χ4v) is 3.29. The van der Waals surface area contributed by atoms with Gasteiger partial charge in [-0.3, -0.25) is 4.79 Å². The molecule has 2 aromatic carbocycles. The number of carbonyl (C=O) groups is 1. The van der Waals surface area contributed by atoms with Gasteiger partial charge in [-0.1, -0.05) is 12.1 Å². The number of hydrogen-bond acceptors (Lipinski definition) is 4. The zero-order chi connectivity index (χ0) is 22.7. The van der Waals surface area contributed by atoms with Crippen molar-refractivity contribution in [3.05, 3.63) is 84.7 Å². The highest BCUT2D eigenvalue weighted by Gasteiger charge is 2.14. The zero-order valence-corrected chi connectivity index (χ0v) is 18.0. The smallest absolute Gasteiger partial charge is 0.272 e. The molecule has 162 valence electrons. The van der Waals surface area contributed by atoms with Gasteiger partial charge in [-0.25, -0.2) is 14.4 Å². The van der Waals surface area contributed by atoms with Gasteiger partial charge in [-0.05, 0) is 56.3 Å². The first-order valence-corrected chi connectivity index (χ1v) is 10.2. The molecule has 4 rings (SSSR count). The second-order valence-electron chi connectivity index (χ2n) is 7.68. The highest BCUT2D eigenvalue weighted by Crippen LogP contribution is 2.24. The molecule has 1 N–H and O–H groups in total. The average Bonchev–Trinajstić information content (AvgIpc) is 3.17. The Morgan fingerprint density at radius 1 is 1.00 bits per heavy atom. The number of ether oxygens (including phenoxy) is 1. The SMILES string of the molecule is CC(C)Oc1ccc(NC(=O)c2cc(-c3cnc(-c4cccc(F)c4)nc3)cn2C)cc1. The lowest BCUT2D eigenvalue weighted by molar-refractivity contribution is 0.101. The largest absolute Gasteiger partial charge is 0.491 e. The summed E-state index contributed by atoms with van der Waals surface area (Å²) in [6, 6.07) is 15.2. The maximum Gasteiger partial charge on any atom is 0.272 e. The number of benzene rings is 2. The molecule has 7 heteroatoms. The van der Waals surface area contributed by atoms with Crippen LogP contribution >= 0.6 is 0 Å². The van der Waals surface area contributed by atoms with E-state index in [4.69, 9.17) is 4.74 Å². The lowest BCUT2D eigenvalue weighted by Crippen LogP contribution is -2.15. The van der Waals surface area contributed by atoms with E-state index in [0.717, 1.165) is 16.9 Å². The van der Waals surface area contributed by atoms with Gasteiger partial charge in [0.2, 0.25) is 0 Å². The summed E-state index contributed by atoms with van der Waals surface area (Å²) in [5.41, 5.74) is 3.35. The third kappa shape index (κ3) is 4.83. The van der Waals surface area contributed by atoms with Crippen LogP contribution in [0.3, 0.4) is 0 Å². The molecule has 0 unspecified atom stereocenters. The number of halogens is 1. The molecule has 1 amide bonds. The maximum atomic E-state index is 13.4. The highest BCUT2D eigenvalue weighted by atomic mass is 19.1. The van der Waals surface area contributed by atoms with Gasteiger partial charge < -0.3 is 14.6 Å². The van der Waals surface area contributed by atoms with Crippen molar-refractivity contribution < 1.29 is 13.9 Å². The van der Waals surface area contributed by atoms with E-state index in [1.165, 1.54) is 12.1 Å². The van der Waals surface area contributed by atoms with E-state index in [0.29, 0.717) is 22.8 Å². The average molecular weight is 430 g/mol. The van der Waals surface area contributed by atoms with Crippen LogP contribution in [0, 0.1) is 5.82 Å². The summed E-state index contributed by atoms with van der Waals surface area (Å²) in [7, 11) is 1.81. The Hall–Kier alpha value is -4.00. The fourth-order valence-electron chi connectivity index (χ4n) is 3.29. The number of aryl methyl sites for hydroxylation is 1. The van der Waals surface area contributed by atoms with Crippen LogP contribution in [0.5, 0.6) is 5.75 Å². The second kappa shape index (κ2) is 9.01. The summed E-state index contributed by atoms with van der Waals surface area (Å²) < 4.78 is 20.8. The number of anilines is 1. The third-order valence-electron chi connectivity index (χ3n) is 4.79. The number of nitrogens with zero attached hydrogens (tertiary/aromatic N) is 3. The molecule has 0 fully saturated rings. The van der Waals surface area contributed by atoms with Crippen molar-refractivity contribution in [1.82, 2.24) is 14.5 Å². The van der Waals surface area contributed by atoms with Crippen LogP contribution in [0.2, 0.25) is 0 Å². The van der Waals surface area contributed by atoms with E-state index in [9.17, 15) is 9.18 Å². The number of hydrogen-bond donors (Lipinski definition) is 1. The maximum absolute atomic E-state index is 13.4. The Kier molecular flexibility index (Phi) is 5.98. The van der Waals surface area contributed by atoms with Crippen LogP contribution in [-0.4, -0.2) is 26.5 Å². The lowest BCUT2D eigenvalue weighted by Gasteiger charge is -2.10. The van der Waals surface area contributed by atoms with Crippen LogP contribution < -0.4 is 10.1 Å². The van der Waals surface area contributed by atoms with E-state index in [1.54, 1.807) is 54.3 Å². The van der Waals surface area contributed by atoms with E-state index < -0.39 is 0 Å². The minimum Gasteiger partial charge on any atom is -0.491 e. The number of amides is 1. The topological polar surface area (TPSA) is 69.0 Å². The zero-order valence-electron chi connectivity index (χ0n) is 18.0. The summed E-state index contributed by atoms with van der Waals surface area (Å²) in [6.45, 7) is 3.92. The van der Waals surface area contributed by atoms with Crippen LogP contribution in [-0.2, 0) is 7.05 Å². The van der Waals surface area contributed by atoms with Crippen molar-refractivity contribution in [3.63, 3.8) is 0 Å². The van der Waals surface area contributed by atoms with Gasteiger partial charge in [0.05, 0.1) is 6.10 Å². The lowest BCUT2D eigenvalue weighted by atomic mass is 10.1. The molecule has 0 aliphatic rings. The summed E-state index contributed by atoms with van der Waals surface area (Å²) >= 11 is 0. The normalized spacial score (nSPS) is 10.9. The van der Waals surface area contributed by atoms with Gasteiger partial charge in [0.1, 0.15) is 17.3 Å². The Morgan fingerprint density at radius 3 is 2.38 bits per heavy atom. The molecule has 2 heterocycles. The molecular weight excluding hydrogens is 407 g/mol. The first kappa shape index (κ1) is 21.2. The van der Waals surface area contributed by atoms with Crippen molar-refractivity contribution in [2.45, 2.75) is 20.0 Å². The molecule has 6 nitrogen and oxygen atoms in total. The molecule has 0 bridgehead atoms. The predicted octanol–water partition coefficient (Wildman–Crippen LogP) is 5.33. The molecule has 4 aromatic rings. The van der Waals surface area contributed by atoms with E-state index >= 15 is 0 Å². The van der Waals surface area contributed by atoms with Gasteiger partial charge in [0.25, 0.3) is 5.91 Å². The van der Waals surface area contributed by atoms with Gasteiger partial charge in [0, 0.05) is 48.0 Å². The number of rotatable bonds is 6. The second-order valence-corrected chi connectivity index (χ2v) is 7.68. The predicted molar refractivity (Wildman–Crippen MR) is 122 cm³/mol. The molecule has 32 heavy (non-hydrogen) atoms. The molecule has 0 saturated carbocycles. The molecule has 0 aliphatic heterocycles. The number of carbonyl (C=O) groups excluding carboxylic acids is 1. The molecule has 0 saturated heterocycles. The molecular formula is C25H23FN4O2. The minimum atomic E-state index is -0.337. The van der Waals surface area contributed by atoms with Crippen LogP contribution in [0.4, 0.5) is 10.1 Å². The summed E-state index contributed by atoms with van der Waals surface area (Å²) in [5.74, 6) is 0.623. The van der Waals surface area contributed by atoms with Gasteiger partial charge in [-0.15, -0.1) is 0 Å². The van der Waals surface area contributed by atoms with Gasteiger partial charge >= 0.3 is 0 Å².